The molecule has 2 aromatic heterocycles. The maximum atomic E-state index is 13.8. The first-order valence-corrected chi connectivity index (χ1v) is 19.9. The molecule has 3 aliphatic heterocycles. The van der Waals surface area contributed by atoms with E-state index in [2.05, 4.69) is 25.9 Å². The first-order valence-electron chi connectivity index (χ1n) is 19.9. The number of amides is 5. The Balaban J connectivity index is 0.830. The number of unbranched alkanes of at least 4 members (excludes halogenated alkanes) is 4. The number of benzene rings is 1. The van der Waals surface area contributed by atoms with E-state index in [4.69, 9.17) is 0 Å². The zero-order chi connectivity index (χ0) is 40.4. The molecule has 5 amide bonds. The maximum absolute atomic E-state index is 13.8. The Kier molecular flexibility index (Phi) is 11.7. The normalized spacial score (nSPS) is 22.8. The van der Waals surface area contributed by atoms with Crippen LogP contribution in [0.5, 0.6) is 0 Å². The van der Waals surface area contributed by atoms with Crippen LogP contribution in [-0.4, -0.2) is 96.3 Å². The van der Waals surface area contributed by atoms with Crippen LogP contribution >= 0.6 is 0 Å². The van der Waals surface area contributed by atoms with Gasteiger partial charge in [-0.2, -0.15) is 4.98 Å². The lowest BCUT2D eigenvalue weighted by molar-refractivity contribution is -0.136. The van der Waals surface area contributed by atoms with Gasteiger partial charge in [-0.05, 0) is 76.5 Å². The van der Waals surface area contributed by atoms with Crippen molar-refractivity contribution in [2.75, 3.05) is 30.3 Å². The van der Waals surface area contributed by atoms with Crippen LogP contribution < -0.4 is 21.5 Å². The molecule has 2 saturated heterocycles. The van der Waals surface area contributed by atoms with E-state index in [0.29, 0.717) is 69.2 Å². The smallest absolute Gasteiger partial charge is 0.269 e. The molecule has 0 radical (unpaired) electrons. The summed E-state index contributed by atoms with van der Waals surface area (Å²) in [6.45, 7) is 3.31. The lowest BCUT2D eigenvalue weighted by Gasteiger charge is -2.32. The van der Waals surface area contributed by atoms with Crippen LogP contribution in [0, 0.1) is 0 Å². The molecule has 1 saturated carbocycles. The number of anilines is 2. The fourth-order valence-electron chi connectivity index (χ4n) is 8.63. The molecule has 7 rings (SSSR count). The van der Waals surface area contributed by atoms with Gasteiger partial charge in [0.25, 0.3) is 23.8 Å². The van der Waals surface area contributed by atoms with Crippen LogP contribution in [0.2, 0.25) is 0 Å². The fourth-order valence-corrected chi connectivity index (χ4v) is 8.63. The summed E-state index contributed by atoms with van der Waals surface area (Å²) in [6, 6.07) is 4.38. The number of pyridine rings is 1. The minimum atomic E-state index is -2.98. The molecule has 1 unspecified atom stereocenters. The van der Waals surface area contributed by atoms with Crippen LogP contribution in [0.4, 0.5) is 20.4 Å². The van der Waals surface area contributed by atoms with E-state index in [1.165, 1.54) is 10.8 Å². The highest BCUT2D eigenvalue weighted by molar-refractivity contribution is 6.25. The number of aromatic nitrogens is 3. The first kappa shape index (κ1) is 39.9. The number of aliphatic hydroxyl groups is 1. The van der Waals surface area contributed by atoms with Crippen molar-refractivity contribution in [1.82, 2.24) is 29.7 Å². The number of hydrogen-bond acceptors (Lipinski definition) is 11. The molecule has 17 heteroatoms. The zero-order valence-corrected chi connectivity index (χ0v) is 31.9. The molecule has 1 aromatic carbocycles. The van der Waals surface area contributed by atoms with E-state index < -0.39 is 58.9 Å². The summed E-state index contributed by atoms with van der Waals surface area (Å²) in [4.78, 5) is 88.3. The number of carbonyl (C=O) groups excluding carboxylic acids is 5. The summed E-state index contributed by atoms with van der Waals surface area (Å²) in [7, 11) is 0. The van der Waals surface area contributed by atoms with Gasteiger partial charge in [-0.15, -0.1) is 0 Å². The average molecular weight is 791 g/mol. The third-order valence-corrected chi connectivity index (χ3v) is 11.8. The number of hydrogen-bond donors (Lipinski definition) is 4. The third-order valence-electron chi connectivity index (χ3n) is 11.8. The molecule has 15 nitrogen and oxygen atoms in total. The molecule has 3 fully saturated rings. The second kappa shape index (κ2) is 16.6. The van der Waals surface area contributed by atoms with Crippen LogP contribution in [0.3, 0.4) is 0 Å². The van der Waals surface area contributed by atoms with Gasteiger partial charge in [0.15, 0.2) is 0 Å². The van der Waals surface area contributed by atoms with Gasteiger partial charge in [-0.3, -0.25) is 43.6 Å². The van der Waals surface area contributed by atoms with Crippen LogP contribution in [0.15, 0.2) is 35.3 Å². The molecule has 5 heterocycles. The number of nitrogens with zero attached hydrogens (tertiary/aromatic N) is 5. The average Bonchev–Trinajstić information content (AvgIpc) is 3.66. The van der Waals surface area contributed by atoms with E-state index in [-0.39, 0.29) is 47.5 Å². The lowest BCUT2D eigenvalue weighted by Crippen LogP contribution is -2.54. The summed E-state index contributed by atoms with van der Waals surface area (Å²) in [5.74, 6) is -1.80. The molecule has 3 aromatic rings. The van der Waals surface area contributed by atoms with Gasteiger partial charge >= 0.3 is 0 Å². The van der Waals surface area contributed by atoms with Crippen molar-refractivity contribution in [3.8, 4) is 0 Å². The Morgan fingerprint density at radius 2 is 1.77 bits per heavy atom. The Labute approximate surface area is 327 Å². The second-order valence-corrected chi connectivity index (χ2v) is 15.7. The van der Waals surface area contributed by atoms with Gasteiger partial charge in [-0.25, -0.2) is 13.8 Å². The zero-order valence-electron chi connectivity index (χ0n) is 31.9. The molecule has 4 aliphatic rings. The number of imide groups is 2. The van der Waals surface area contributed by atoms with E-state index in [9.17, 15) is 42.7 Å². The quantitative estimate of drug-likeness (QED) is 0.133. The number of halogens is 2. The van der Waals surface area contributed by atoms with Gasteiger partial charge in [0.05, 0.1) is 28.3 Å². The maximum Gasteiger partial charge on any atom is 0.269 e. The summed E-state index contributed by atoms with van der Waals surface area (Å²) in [5.41, 5.74) is -1.54. The van der Waals surface area contributed by atoms with Crippen LogP contribution in [0.25, 0.3) is 11.0 Å². The van der Waals surface area contributed by atoms with Gasteiger partial charge in [-0.1, -0.05) is 25.3 Å². The summed E-state index contributed by atoms with van der Waals surface area (Å²) < 4.78 is 28.8. The molecule has 57 heavy (non-hydrogen) atoms. The highest BCUT2D eigenvalue weighted by Crippen LogP contribution is 2.40. The van der Waals surface area contributed by atoms with E-state index in [1.807, 2.05) is 4.90 Å². The van der Waals surface area contributed by atoms with Crippen molar-refractivity contribution in [2.45, 2.75) is 121 Å². The van der Waals surface area contributed by atoms with Crippen LogP contribution in [0.1, 0.15) is 129 Å². The third kappa shape index (κ3) is 8.25. The number of piperidine rings is 2. The Morgan fingerprint density at radius 3 is 2.49 bits per heavy atom. The number of carbonyl (C=O) groups is 5. The van der Waals surface area contributed by atoms with Crippen LogP contribution in [-0.2, 0) is 14.4 Å². The summed E-state index contributed by atoms with van der Waals surface area (Å²) in [6.07, 6.45) is 6.23. The first-order chi connectivity index (χ1) is 27.3. The van der Waals surface area contributed by atoms with Gasteiger partial charge < -0.3 is 20.6 Å². The number of alkyl halides is 2. The molecular weight excluding hydrogens is 742 g/mol. The van der Waals surface area contributed by atoms with Crippen molar-refractivity contribution in [3.05, 3.63) is 57.5 Å². The molecule has 3 atom stereocenters. The van der Waals surface area contributed by atoms with Crippen molar-refractivity contribution in [3.63, 3.8) is 0 Å². The van der Waals surface area contributed by atoms with Gasteiger partial charge in [0.2, 0.25) is 23.7 Å². The van der Waals surface area contributed by atoms with Crippen molar-refractivity contribution < 1.29 is 37.9 Å². The highest BCUT2D eigenvalue weighted by Gasteiger charge is 2.46. The Morgan fingerprint density at radius 1 is 1.02 bits per heavy atom. The number of rotatable bonds is 14. The van der Waals surface area contributed by atoms with Crippen molar-refractivity contribution in [2.24, 2.45) is 0 Å². The summed E-state index contributed by atoms with van der Waals surface area (Å²) >= 11 is 0. The molecule has 0 bridgehead atoms. The molecule has 4 N–H and O–H groups in total. The molecule has 0 spiro atoms. The van der Waals surface area contributed by atoms with E-state index >= 15 is 0 Å². The standard InChI is InChI=1S/C40H48F2N8O7/c1-40(57)17-8-11-29(40)50-34-23(21-26(33(41)42)37(50)55)22-44-39(47-34)45-24-15-19-48(20-16-24)31(52)12-5-3-2-4-6-18-43-27-10-7-9-25-32(27)38(56)49(36(25)54)28-13-14-30(51)46-35(28)53/h7,9-10,21-22,24,28-29,33,43,57H,2-6,8,11-20H2,1H3,(H,44,45,47)(H,46,51,53)/t28?,29-,40-/m1/s1. The van der Waals surface area contributed by atoms with Crippen molar-refractivity contribution >= 4 is 52.2 Å². The fraction of sp³-hybridized carbons (Fsp3) is 0.550. The predicted molar refractivity (Wildman–Crippen MR) is 205 cm³/mol. The van der Waals surface area contributed by atoms with Gasteiger partial charge in [0, 0.05) is 55.8 Å². The number of likely N-dealkylation sites (tertiary alicyclic amines) is 1. The molecule has 1 aliphatic carbocycles. The van der Waals surface area contributed by atoms with Gasteiger partial charge in [0.1, 0.15) is 11.7 Å². The Bertz CT molecular complexity index is 2130. The molecule has 304 valence electrons. The van der Waals surface area contributed by atoms with E-state index in [1.54, 1.807) is 25.1 Å². The summed E-state index contributed by atoms with van der Waals surface area (Å²) in [5, 5.41) is 20.0. The minimum Gasteiger partial charge on any atom is -0.388 e. The Hall–Kier alpha value is -5.32. The number of nitrogens with one attached hydrogen (secondary N) is 3. The highest BCUT2D eigenvalue weighted by atomic mass is 19.3. The topological polar surface area (TPSA) is 196 Å². The largest absolute Gasteiger partial charge is 0.388 e. The number of fused-ring (bicyclic) bond motifs is 2. The molecular formula is C40H48F2N8O7. The van der Waals surface area contributed by atoms with E-state index in [0.717, 1.165) is 43.1 Å². The SMILES string of the molecule is C[C@@]1(O)CCC[C@H]1n1c(=O)c(C(F)F)cc2cnc(NC3CCN(C(=O)CCCCCCCNc4cccc5c4C(=O)N(C4CCC(=O)NC4=O)C5=O)CC3)nc21. The second-order valence-electron chi connectivity index (χ2n) is 15.7. The van der Waals surface area contributed by atoms with Crippen molar-refractivity contribution in [1.29, 1.82) is 0 Å². The predicted octanol–water partition coefficient (Wildman–Crippen LogP) is 4.46. The monoisotopic (exact) mass is 790 g/mol. The minimum absolute atomic E-state index is 0.0324. The lowest BCUT2D eigenvalue weighted by atomic mass is 9.99.